The highest BCUT2D eigenvalue weighted by atomic mass is 35.5. The summed E-state index contributed by atoms with van der Waals surface area (Å²) < 4.78 is 2.52. The Morgan fingerprint density at radius 1 is 0.391 bits per heavy atom. The number of aromatic nitrogens is 4. The van der Waals surface area contributed by atoms with Crippen molar-refractivity contribution in [3.8, 4) is 72.7 Å². The summed E-state index contributed by atoms with van der Waals surface area (Å²) in [6.45, 7) is 0. The van der Waals surface area contributed by atoms with E-state index in [0.29, 0.717) is 5.82 Å². The number of benzene rings is 9. The van der Waals surface area contributed by atoms with Crippen molar-refractivity contribution in [1.82, 2.24) is 19.5 Å². The van der Waals surface area contributed by atoms with Crippen LogP contribution in [0.25, 0.3) is 94.5 Å². The van der Waals surface area contributed by atoms with Crippen LogP contribution in [-0.2, 0) is 5.41 Å². The van der Waals surface area contributed by atoms with Gasteiger partial charge in [0.2, 0.25) is 10.6 Å². The Labute approximate surface area is 379 Å². The van der Waals surface area contributed by atoms with E-state index in [1.807, 2.05) is 6.07 Å². The van der Waals surface area contributed by atoms with Gasteiger partial charge >= 0.3 is 0 Å². The van der Waals surface area contributed by atoms with Crippen molar-refractivity contribution in [3.05, 3.63) is 239 Å². The van der Waals surface area contributed by atoms with E-state index in [2.05, 4.69) is 220 Å². The maximum Gasteiger partial charge on any atom is 0.227 e. The van der Waals surface area contributed by atoms with Crippen LogP contribution in [0.1, 0.15) is 22.3 Å². The predicted molar refractivity (Wildman–Crippen MR) is 262 cm³/mol. The molecule has 0 saturated carbocycles. The molecular formula is C58H34Cl2N4. The van der Waals surface area contributed by atoms with Gasteiger partial charge in [-0.15, -0.1) is 0 Å². The van der Waals surface area contributed by atoms with Crippen LogP contribution >= 0.6 is 23.2 Å². The second-order valence-corrected chi connectivity index (χ2v) is 17.2. The quantitative estimate of drug-likeness (QED) is 0.167. The lowest BCUT2D eigenvalue weighted by molar-refractivity contribution is 0.770. The van der Waals surface area contributed by atoms with E-state index in [4.69, 9.17) is 23.2 Å². The molecule has 0 spiro atoms. The average Bonchev–Trinajstić information content (AvgIpc) is 3.81. The van der Waals surface area contributed by atoms with Crippen molar-refractivity contribution in [3.63, 3.8) is 0 Å². The summed E-state index contributed by atoms with van der Waals surface area (Å²) in [5.74, 6) is 0.413. The van der Waals surface area contributed by atoms with Gasteiger partial charge in [0.05, 0.1) is 22.1 Å². The molecule has 2 aliphatic rings. The Bertz CT molecular complexity index is 3600. The first-order valence-corrected chi connectivity index (χ1v) is 22.2. The second kappa shape index (κ2) is 14.2. The second-order valence-electron chi connectivity index (χ2n) is 16.6. The molecule has 13 rings (SSSR count). The fourth-order valence-electron chi connectivity index (χ4n) is 10.9. The zero-order valence-corrected chi connectivity index (χ0v) is 35.7. The van der Waals surface area contributed by atoms with Crippen molar-refractivity contribution in [2.75, 3.05) is 0 Å². The minimum atomic E-state index is -0.776. The summed E-state index contributed by atoms with van der Waals surface area (Å²) in [5, 5.41) is 2.39. The minimum absolute atomic E-state index is 0.0431. The molecule has 0 fully saturated rings. The standard InChI is InChI=1S/C58H34Cl2N4/c59-56-61-55(62-57(60)63-56)44-26-8-7-24-41(44)46-34-48-53-52-43(42-25-9-11-30-49(42)64-50-31-12-10-27-45(50)51(46)54(53)64)28-15-29-47(52)58(48,39-22-13-20-37(32-39)35-16-3-1-4-17-35)40-23-14-21-38(33-40)36-18-5-2-6-19-36/h1-34H. The first-order valence-electron chi connectivity index (χ1n) is 21.4. The van der Waals surface area contributed by atoms with Crippen molar-refractivity contribution < 1.29 is 0 Å². The lowest BCUT2D eigenvalue weighted by Crippen LogP contribution is -2.29. The van der Waals surface area contributed by atoms with Crippen LogP contribution in [-0.4, -0.2) is 19.5 Å². The third kappa shape index (κ3) is 5.27. The maximum absolute atomic E-state index is 6.51. The highest BCUT2D eigenvalue weighted by Crippen LogP contribution is 2.64. The van der Waals surface area contributed by atoms with Gasteiger partial charge in [0.15, 0.2) is 5.82 Å². The molecule has 1 aliphatic heterocycles. The summed E-state index contributed by atoms with van der Waals surface area (Å²) >= 11 is 13.0. The molecule has 0 radical (unpaired) electrons. The molecule has 0 saturated heterocycles. The third-order valence-electron chi connectivity index (χ3n) is 13.3. The van der Waals surface area contributed by atoms with Crippen LogP contribution in [0.5, 0.6) is 0 Å². The predicted octanol–water partition coefficient (Wildman–Crippen LogP) is 15.3. The number of nitrogens with zero attached hydrogens (tertiary/aromatic N) is 4. The first kappa shape index (κ1) is 37.0. The van der Waals surface area contributed by atoms with E-state index in [-0.39, 0.29) is 10.6 Å². The monoisotopic (exact) mass is 856 g/mol. The highest BCUT2D eigenvalue weighted by molar-refractivity contribution is 6.31. The number of hydrogen-bond donors (Lipinski definition) is 0. The Morgan fingerprint density at radius 3 is 1.62 bits per heavy atom. The van der Waals surface area contributed by atoms with Gasteiger partial charge in [-0.2, -0.15) is 15.0 Å². The molecule has 0 N–H and O–H groups in total. The molecule has 1 aliphatic carbocycles. The first-order chi connectivity index (χ1) is 31.6. The van der Waals surface area contributed by atoms with Crippen molar-refractivity contribution >= 4 is 45.0 Å². The summed E-state index contributed by atoms with van der Waals surface area (Å²) in [7, 11) is 0. The molecule has 0 unspecified atom stereocenters. The van der Waals surface area contributed by atoms with Crippen LogP contribution in [0.3, 0.4) is 0 Å². The molecule has 9 aromatic carbocycles. The number of halogens is 2. The molecule has 4 nitrogen and oxygen atoms in total. The Hall–Kier alpha value is -7.63. The molecule has 0 atom stereocenters. The zero-order valence-electron chi connectivity index (χ0n) is 34.2. The summed E-state index contributed by atoms with van der Waals surface area (Å²) in [6.07, 6.45) is 0. The van der Waals surface area contributed by atoms with Crippen LogP contribution in [0.15, 0.2) is 206 Å². The number of para-hydroxylation sites is 2. The summed E-state index contributed by atoms with van der Waals surface area (Å²) in [6, 6.07) is 75.2. The van der Waals surface area contributed by atoms with Gasteiger partial charge in [0.25, 0.3) is 0 Å². The van der Waals surface area contributed by atoms with Crippen LogP contribution in [0, 0.1) is 0 Å². The minimum Gasteiger partial charge on any atom is -0.308 e. The number of hydrogen-bond acceptors (Lipinski definition) is 3. The van der Waals surface area contributed by atoms with Gasteiger partial charge in [-0.1, -0.05) is 176 Å². The van der Waals surface area contributed by atoms with E-state index in [1.165, 1.54) is 55.6 Å². The zero-order chi connectivity index (χ0) is 42.5. The lowest BCUT2D eigenvalue weighted by Gasteiger charge is -2.35. The van der Waals surface area contributed by atoms with Gasteiger partial charge in [-0.05, 0) is 120 Å². The van der Waals surface area contributed by atoms with E-state index >= 15 is 0 Å². The number of rotatable bonds is 6. The van der Waals surface area contributed by atoms with E-state index < -0.39 is 5.41 Å². The molecule has 64 heavy (non-hydrogen) atoms. The molecule has 0 bridgehead atoms. The van der Waals surface area contributed by atoms with Gasteiger partial charge in [0, 0.05) is 27.5 Å². The van der Waals surface area contributed by atoms with E-state index in [1.54, 1.807) is 0 Å². The van der Waals surface area contributed by atoms with Gasteiger partial charge in [-0.3, -0.25) is 0 Å². The van der Waals surface area contributed by atoms with Gasteiger partial charge in [0.1, 0.15) is 0 Å². The molecule has 6 heteroatoms. The highest BCUT2D eigenvalue weighted by Gasteiger charge is 2.50. The molecule has 2 aromatic heterocycles. The van der Waals surface area contributed by atoms with Crippen molar-refractivity contribution in [2.45, 2.75) is 5.41 Å². The fraction of sp³-hybridized carbons (Fsp3) is 0.0172. The van der Waals surface area contributed by atoms with Crippen LogP contribution < -0.4 is 0 Å². The SMILES string of the molecule is Clc1nc(Cl)nc(-c2ccccc2-c2cc3c4c5c2c2ccccc2n5-c2ccccc2-c2cccc(c2-4)C3(c2cccc(-c3ccccc3)c2)c2cccc(-c3ccccc3)c2)n1. The van der Waals surface area contributed by atoms with Crippen LogP contribution in [0.2, 0.25) is 10.6 Å². The molecular weight excluding hydrogens is 824 g/mol. The van der Waals surface area contributed by atoms with Crippen LogP contribution in [0.4, 0.5) is 0 Å². The maximum atomic E-state index is 6.51. The van der Waals surface area contributed by atoms with Gasteiger partial charge < -0.3 is 4.57 Å². The Balaban J connectivity index is 1.26. The van der Waals surface area contributed by atoms with Gasteiger partial charge in [-0.25, -0.2) is 0 Å². The molecule has 0 amide bonds. The lowest BCUT2D eigenvalue weighted by atomic mass is 9.66. The molecule has 11 aromatic rings. The topological polar surface area (TPSA) is 43.6 Å². The Kier molecular flexibility index (Phi) is 8.20. The molecule has 3 heterocycles. The van der Waals surface area contributed by atoms with Crippen molar-refractivity contribution in [1.29, 1.82) is 0 Å². The van der Waals surface area contributed by atoms with E-state index in [0.717, 1.165) is 55.3 Å². The Morgan fingerprint density at radius 2 is 0.938 bits per heavy atom. The fourth-order valence-corrected chi connectivity index (χ4v) is 11.2. The third-order valence-corrected chi connectivity index (χ3v) is 13.7. The summed E-state index contributed by atoms with van der Waals surface area (Å²) in [5.41, 5.74) is 19.8. The largest absolute Gasteiger partial charge is 0.308 e. The smallest absolute Gasteiger partial charge is 0.227 e. The van der Waals surface area contributed by atoms with Crippen molar-refractivity contribution in [2.24, 2.45) is 0 Å². The normalized spacial score (nSPS) is 13.0. The molecule has 300 valence electrons. The number of fused-ring (bicyclic) bond motifs is 6. The average molecular weight is 858 g/mol. The van der Waals surface area contributed by atoms with E-state index in [9.17, 15) is 0 Å². The summed E-state index contributed by atoms with van der Waals surface area (Å²) in [4.78, 5) is 13.4.